The number of anilines is 1. The van der Waals surface area contributed by atoms with Gasteiger partial charge in [0.05, 0.1) is 13.1 Å². The molecular formula is C28H34FN5O4. The van der Waals surface area contributed by atoms with Crippen LogP contribution in [0.15, 0.2) is 64.2 Å². The Labute approximate surface area is 220 Å². The molecule has 1 aromatic heterocycles. The smallest absolute Gasteiger partial charge is 0.332 e. The summed E-state index contributed by atoms with van der Waals surface area (Å²) in [6.45, 7) is 4.35. The number of carbonyl (C=O) groups is 2. The Balaban J connectivity index is 0.000000304. The lowest BCUT2D eigenvalue weighted by Gasteiger charge is -2.26. The molecule has 38 heavy (non-hydrogen) atoms. The van der Waals surface area contributed by atoms with Crippen molar-refractivity contribution < 1.29 is 14.0 Å². The third kappa shape index (κ3) is 7.48. The van der Waals surface area contributed by atoms with Crippen molar-refractivity contribution in [1.82, 2.24) is 19.4 Å². The van der Waals surface area contributed by atoms with Crippen LogP contribution in [0.3, 0.4) is 0 Å². The third-order valence-corrected chi connectivity index (χ3v) is 6.34. The Kier molecular flexibility index (Phi) is 10.5. The van der Waals surface area contributed by atoms with Crippen LogP contribution in [-0.4, -0.2) is 45.9 Å². The molecule has 0 bridgehead atoms. The highest BCUT2D eigenvalue weighted by Crippen LogP contribution is 2.13. The summed E-state index contributed by atoms with van der Waals surface area (Å²) in [5, 5.41) is 2.44. The first-order valence-corrected chi connectivity index (χ1v) is 12.7. The molecule has 0 unspecified atom stereocenters. The second-order valence-electron chi connectivity index (χ2n) is 9.05. The number of benzene rings is 2. The maximum Gasteiger partial charge on any atom is 0.332 e. The maximum atomic E-state index is 12.9. The number of ketones is 1. The average molecular weight is 524 g/mol. The van der Waals surface area contributed by atoms with Gasteiger partial charge in [-0.1, -0.05) is 48.9 Å². The lowest BCUT2D eigenvalue weighted by molar-refractivity contribution is -0.109. The van der Waals surface area contributed by atoms with E-state index < -0.39 is 11.2 Å². The van der Waals surface area contributed by atoms with E-state index in [1.165, 1.54) is 16.7 Å². The molecule has 1 fully saturated rings. The number of nitrogens with two attached hydrogens (primary N) is 1. The Morgan fingerprint density at radius 2 is 1.68 bits per heavy atom. The summed E-state index contributed by atoms with van der Waals surface area (Å²) in [4.78, 5) is 50.3. The van der Waals surface area contributed by atoms with Crippen molar-refractivity contribution in [2.75, 3.05) is 25.4 Å². The number of Topliss-reactive ketones (excluding diaryl/α,β-unsaturated/α-hetero) is 1. The number of nitrogens with one attached hydrogen (secondary N) is 1. The Morgan fingerprint density at radius 3 is 2.32 bits per heavy atom. The van der Waals surface area contributed by atoms with E-state index in [-0.39, 0.29) is 42.6 Å². The molecule has 9 nitrogen and oxygen atoms in total. The Bertz CT molecular complexity index is 1350. The maximum absolute atomic E-state index is 12.9. The summed E-state index contributed by atoms with van der Waals surface area (Å²) >= 11 is 0. The van der Waals surface area contributed by atoms with E-state index in [1.807, 2.05) is 35.2 Å². The van der Waals surface area contributed by atoms with E-state index in [2.05, 4.69) is 5.32 Å². The number of hydrogen-bond donors (Lipinski definition) is 2. The average Bonchev–Trinajstić information content (AvgIpc) is 2.92. The molecule has 0 atom stereocenters. The van der Waals surface area contributed by atoms with Crippen molar-refractivity contribution >= 4 is 18.0 Å². The van der Waals surface area contributed by atoms with E-state index in [1.54, 1.807) is 19.1 Å². The molecule has 1 aliphatic heterocycles. The third-order valence-electron chi connectivity index (χ3n) is 6.34. The summed E-state index contributed by atoms with van der Waals surface area (Å²) in [6, 6.07) is 15.5. The molecule has 202 valence electrons. The normalized spacial score (nSPS) is 13.3. The molecule has 1 saturated heterocycles. The summed E-state index contributed by atoms with van der Waals surface area (Å²) in [5.74, 6) is -0.640. The van der Waals surface area contributed by atoms with Crippen molar-refractivity contribution in [3.05, 3.63) is 97.9 Å². The van der Waals surface area contributed by atoms with Crippen LogP contribution in [0.25, 0.3) is 0 Å². The molecule has 0 spiro atoms. The predicted octanol–water partition coefficient (Wildman–Crippen LogP) is 2.40. The number of nitrogen functional groups attached to an aromatic ring is 1. The zero-order chi connectivity index (χ0) is 27.5. The molecule has 3 N–H and O–H groups in total. The molecule has 10 heteroatoms. The fourth-order valence-corrected chi connectivity index (χ4v) is 4.38. The van der Waals surface area contributed by atoms with Crippen molar-refractivity contribution in [2.24, 2.45) is 0 Å². The van der Waals surface area contributed by atoms with Crippen LogP contribution in [0.1, 0.15) is 47.7 Å². The van der Waals surface area contributed by atoms with Crippen molar-refractivity contribution in [3.63, 3.8) is 0 Å². The first-order chi connectivity index (χ1) is 18.3. The van der Waals surface area contributed by atoms with E-state index in [0.717, 1.165) is 48.0 Å². The number of nitrogens with zero attached hydrogens (tertiary/aromatic N) is 3. The Morgan fingerprint density at radius 1 is 1.00 bits per heavy atom. The van der Waals surface area contributed by atoms with Gasteiger partial charge in [0.2, 0.25) is 6.41 Å². The van der Waals surface area contributed by atoms with Gasteiger partial charge in [0.25, 0.3) is 5.56 Å². The van der Waals surface area contributed by atoms with Crippen LogP contribution in [0.2, 0.25) is 0 Å². The summed E-state index contributed by atoms with van der Waals surface area (Å²) in [5.41, 5.74) is 6.66. The van der Waals surface area contributed by atoms with Crippen LogP contribution in [-0.2, 0) is 24.4 Å². The molecule has 2 aromatic carbocycles. The highest BCUT2D eigenvalue weighted by molar-refractivity contribution is 6.01. The van der Waals surface area contributed by atoms with Gasteiger partial charge in [-0.2, -0.15) is 0 Å². The molecule has 0 saturated carbocycles. The predicted molar refractivity (Wildman–Crippen MR) is 145 cm³/mol. The number of rotatable bonds is 9. The first kappa shape index (κ1) is 28.5. The van der Waals surface area contributed by atoms with Crippen molar-refractivity contribution in [2.45, 2.75) is 45.8 Å². The largest absolute Gasteiger partial charge is 0.384 e. The molecule has 1 aliphatic rings. The van der Waals surface area contributed by atoms with Gasteiger partial charge >= 0.3 is 5.69 Å². The first-order valence-electron chi connectivity index (χ1n) is 12.7. The molecule has 1 amide bonds. The number of likely N-dealkylation sites (tertiary alicyclic amines) is 1. The van der Waals surface area contributed by atoms with Crippen LogP contribution >= 0.6 is 0 Å². The van der Waals surface area contributed by atoms with Crippen molar-refractivity contribution in [1.29, 1.82) is 0 Å². The lowest BCUT2D eigenvalue weighted by atomic mass is 10.1. The standard InChI is InChI=1S/C20H26N4O3.C8H8FNO/c1-2-23-19(26)17(16(25)14-22-11-7-4-8-12-22)18(21)24(20(23)27)13-15-9-5-3-6-10-15;9-8-3-1-2-7(4-8)5-10-6-11/h3,5-6,9-10H,2,4,7-8,11-14,21H2,1H3;1-4,6H,5H2,(H,10,11). The van der Waals surface area contributed by atoms with Gasteiger partial charge in [-0.05, 0) is 56.1 Å². The zero-order valence-corrected chi connectivity index (χ0v) is 21.6. The molecule has 0 aliphatic carbocycles. The van der Waals surface area contributed by atoms with Gasteiger partial charge in [-0.25, -0.2) is 9.18 Å². The molecule has 0 radical (unpaired) electrons. The van der Waals surface area contributed by atoms with Crippen LogP contribution < -0.4 is 22.3 Å². The summed E-state index contributed by atoms with van der Waals surface area (Å²) in [6.07, 6.45) is 3.85. The van der Waals surface area contributed by atoms with Crippen LogP contribution in [0.5, 0.6) is 0 Å². The van der Waals surface area contributed by atoms with Crippen LogP contribution in [0, 0.1) is 5.82 Å². The van der Waals surface area contributed by atoms with E-state index in [9.17, 15) is 23.6 Å². The summed E-state index contributed by atoms with van der Waals surface area (Å²) in [7, 11) is 0. The number of halogens is 1. The fourth-order valence-electron chi connectivity index (χ4n) is 4.38. The second kappa shape index (κ2) is 14.0. The highest BCUT2D eigenvalue weighted by atomic mass is 19.1. The fraction of sp³-hybridized carbons (Fsp3) is 0.357. The molecule has 4 rings (SSSR count). The number of carbonyl (C=O) groups excluding carboxylic acids is 2. The number of piperidine rings is 1. The van der Waals surface area contributed by atoms with E-state index in [0.29, 0.717) is 13.0 Å². The van der Waals surface area contributed by atoms with E-state index >= 15 is 0 Å². The quantitative estimate of drug-likeness (QED) is 0.328. The van der Waals surface area contributed by atoms with Gasteiger partial charge in [-0.15, -0.1) is 0 Å². The van der Waals surface area contributed by atoms with Gasteiger partial charge in [-0.3, -0.25) is 28.4 Å². The molecule has 3 aromatic rings. The lowest BCUT2D eigenvalue weighted by Crippen LogP contribution is -2.45. The minimum atomic E-state index is -0.591. The number of amides is 1. The van der Waals surface area contributed by atoms with Gasteiger partial charge < -0.3 is 11.1 Å². The van der Waals surface area contributed by atoms with Crippen molar-refractivity contribution in [3.8, 4) is 0 Å². The monoisotopic (exact) mass is 523 g/mol. The minimum Gasteiger partial charge on any atom is -0.384 e. The van der Waals surface area contributed by atoms with E-state index in [4.69, 9.17) is 5.73 Å². The van der Waals surface area contributed by atoms with Gasteiger partial charge in [0.15, 0.2) is 5.78 Å². The molecular weight excluding hydrogens is 489 g/mol. The highest BCUT2D eigenvalue weighted by Gasteiger charge is 2.24. The number of hydrogen-bond acceptors (Lipinski definition) is 6. The minimum absolute atomic E-state index is 0.0411. The van der Waals surface area contributed by atoms with Gasteiger partial charge in [0.1, 0.15) is 17.2 Å². The van der Waals surface area contributed by atoms with Gasteiger partial charge in [0, 0.05) is 13.1 Å². The number of aromatic nitrogens is 2. The SMILES string of the molecule is CCn1c(=O)c(C(=O)CN2CCCCC2)c(N)n(Cc2ccccc2)c1=O.O=CNCc1cccc(F)c1. The van der Waals surface area contributed by atoms with Crippen LogP contribution in [0.4, 0.5) is 10.2 Å². The summed E-state index contributed by atoms with van der Waals surface area (Å²) < 4.78 is 14.9. The topological polar surface area (TPSA) is 119 Å². The molecule has 2 heterocycles. The Hall–Kier alpha value is -4.05. The zero-order valence-electron chi connectivity index (χ0n) is 21.6. The second-order valence-corrected chi connectivity index (χ2v) is 9.05.